The van der Waals surface area contributed by atoms with Crippen LogP contribution in [0.3, 0.4) is 0 Å². The molecule has 1 aliphatic rings. The van der Waals surface area contributed by atoms with Crippen LogP contribution in [0.2, 0.25) is 0 Å². The van der Waals surface area contributed by atoms with Gasteiger partial charge in [0.1, 0.15) is 0 Å². The first-order chi connectivity index (χ1) is 5.34. The summed E-state index contributed by atoms with van der Waals surface area (Å²) in [4.78, 5) is 0. The summed E-state index contributed by atoms with van der Waals surface area (Å²) in [5, 5.41) is 3.69. The van der Waals surface area contributed by atoms with Crippen molar-refractivity contribution in [2.24, 2.45) is 0 Å². The molecule has 0 saturated carbocycles. The van der Waals surface area contributed by atoms with Crippen molar-refractivity contribution in [2.45, 2.75) is 31.4 Å². The first-order valence-corrected chi connectivity index (χ1v) is 5.80. The van der Waals surface area contributed by atoms with Crippen LogP contribution in [0.1, 0.15) is 26.2 Å². The van der Waals surface area contributed by atoms with Crippen LogP contribution in [-0.4, -0.2) is 28.3 Å². The molecule has 2 unspecified atom stereocenters. The highest BCUT2D eigenvalue weighted by molar-refractivity contribution is 7.85. The molecule has 0 amide bonds. The Kier molecular flexibility index (Phi) is 4.08. The Morgan fingerprint density at radius 1 is 1.55 bits per heavy atom. The van der Waals surface area contributed by atoms with Gasteiger partial charge in [-0.1, -0.05) is 13.3 Å². The summed E-state index contributed by atoms with van der Waals surface area (Å²) in [6, 6.07) is 0. The second kappa shape index (κ2) is 4.88. The molecule has 1 aliphatic heterocycles. The molecular weight excluding hydrogens is 158 g/mol. The van der Waals surface area contributed by atoms with Gasteiger partial charge in [-0.05, 0) is 19.4 Å². The molecular formula is C8H17NOS. The predicted molar refractivity (Wildman–Crippen MR) is 49.2 cm³/mol. The fourth-order valence-electron chi connectivity index (χ4n) is 1.41. The molecule has 1 saturated heterocycles. The Balaban J connectivity index is 2.24. The van der Waals surface area contributed by atoms with Gasteiger partial charge in [-0.2, -0.15) is 0 Å². The van der Waals surface area contributed by atoms with Gasteiger partial charge in [0.2, 0.25) is 0 Å². The van der Waals surface area contributed by atoms with Gasteiger partial charge in [0.25, 0.3) is 0 Å². The molecule has 0 bridgehead atoms. The average molecular weight is 175 g/mol. The zero-order valence-electron chi connectivity index (χ0n) is 7.14. The van der Waals surface area contributed by atoms with E-state index < -0.39 is 10.8 Å². The molecule has 2 nitrogen and oxygen atoms in total. The fourth-order valence-corrected chi connectivity index (χ4v) is 2.97. The molecule has 0 aromatic carbocycles. The third-order valence-electron chi connectivity index (χ3n) is 2.12. The predicted octanol–water partition coefficient (Wildman–Crippen LogP) is 0.897. The summed E-state index contributed by atoms with van der Waals surface area (Å²) in [7, 11) is -0.542. The van der Waals surface area contributed by atoms with E-state index in [0.717, 1.165) is 31.7 Å². The summed E-state index contributed by atoms with van der Waals surface area (Å²) < 4.78 is 11.4. The maximum atomic E-state index is 11.4. The molecule has 0 aromatic heterocycles. The highest BCUT2D eigenvalue weighted by atomic mass is 32.2. The molecule has 0 radical (unpaired) electrons. The van der Waals surface area contributed by atoms with Crippen LogP contribution >= 0.6 is 0 Å². The van der Waals surface area contributed by atoms with E-state index >= 15 is 0 Å². The Labute approximate surface area is 71.2 Å². The minimum Gasteiger partial charge on any atom is -0.316 e. The molecule has 66 valence electrons. The summed E-state index contributed by atoms with van der Waals surface area (Å²) >= 11 is 0. The number of rotatable bonds is 3. The summed E-state index contributed by atoms with van der Waals surface area (Å²) in [6.07, 6.45) is 3.58. The second-order valence-electron chi connectivity index (χ2n) is 3.01. The lowest BCUT2D eigenvalue weighted by atomic mass is 10.2. The van der Waals surface area contributed by atoms with Crippen molar-refractivity contribution in [2.75, 3.05) is 18.8 Å². The molecule has 0 aliphatic carbocycles. The van der Waals surface area contributed by atoms with E-state index in [4.69, 9.17) is 0 Å². The van der Waals surface area contributed by atoms with Crippen LogP contribution in [0, 0.1) is 0 Å². The Hall–Kier alpha value is 0.110. The van der Waals surface area contributed by atoms with Crippen molar-refractivity contribution >= 4 is 10.8 Å². The van der Waals surface area contributed by atoms with E-state index in [1.807, 2.05) is 0 Å². The van der Waals surface area contributed by atoms with Gasteiger partial charge in [0.05, 0.1) is 0 Å². The molecule has 0 aromatic rings. The lowest BCUT2D eigenvalue weighted by Crippen LogP contribution is -2.33. The Bertz CT molecular complexity index is 138. The third-order valence-corrected chi connectivity index (χ3v) is 3.95. The minimum atomic E-state index is -0.542. The fraction of sp³-hybridized carbons (Fsp3) is 1.00. The highest BCUT2D eigenvalue weighted by Gasteiger charge is 2.19. The third kappa shape index (κ3) is 2.91. The van der Waals surface area contributed by atoms with Gasteiger partial charge in [-0.3, -0.25) is 4.21 Å². The molecule has 1 N–H and O–H groups in total. The van der Waals surface area contributed by atoms with Crippen LogP contribution in [-0.2, 0) is 10.8 Å². The maximum Gasteiger partial charge on any atom is 0.0472 e. The SMILES string of the molecule is CCNCC1CCCCS1=O. The smallest absolute Gasteiger partial charge is 0.0472 e. The highest BCUT2D eigenvalue weighted by Crippen LogP contribution is 2.14. The molecule has 1 rings (SSSR count). The summed E-state index contributed by atoms with van der Waals surface area (Å²) in [5.74, 6) is 0.927. The normalized spacial score (nSPS) is 32.1. The lowest BCUT2D eigenvalue weighted by Gasteiger charge is -2.20. The topological polar surface area (TPSA) is 29.1 Å². The van der Waals surface area contributed by atoms with Crippen molar-refractivity contribution in [1.29, 1.82) is 0 Å². The van der Waals surface area contributed by atoms with Gasteiger partial charge in [-0.15, -0.1) is 0 Å². The van der Waals surface area contributed by atoms with Crippen molar-refractivity contribution in [3.05, 3.63) is 0 Å². The lowest BCUT2D eigenvalue weighted by molar-refractivity contribution is 0.576. The van der Waals surface area contributed by atoms with Crippen LogP contribution < -0.4 is 5.32 Å². The van der Waals surface area contributed by atoms with Gasteiger partial charge in [-0.25, -0.2) is 0 Å². The van der Waals surface area contributed by atoms with Gasteiger partial charge in [0.15, 0.2) is 0 Å². The molecule has 3 heteroatoms. The number of nitrogens with one attached hydrogen (secondary N) is 1. The molecule has 2 atom stereocenters. The van der Waals surface area contributed by atoms with Crippen molar-refractivity contribution in [3.8, 4) is 0 Å². The monoisotopic (exact) mass is 175 g/mol. The molecule has 1 heterocycles. The maximum absolute atomic E-state index is 11.4. The standard InChI is InChI=1S/C8H17NOS/c1-2-9-7-8-5-3-4-6-11(8)10/h8-9H,2-7H2,1H3. The van der Waals surface area contributed by atoms with E-state index in [-0.39, 0.29) is 0 Å². The number of hydrogen-bond donors (Lipinski definition) is 1. The number of hydrogen-bond acceptors (Lipinski definition) is 2. The van der Waals surface area contributed by atoms with Gasteiger partial charge >= 0.3 is 0 Å². The summed E-state index contributed by atoms with van der Waals surface area (Å²) in [5.41, 5.74) is 0. The van der Waals surface area contributed by atoms with E-state index in [1.165, 1.54) is 6.42 Å². The van der Waals surface area contributed by atoms with E-state index in [1.54, 1.807) is 0 Å². The molecule has 11 heavy (non-hydrogen) atoms. The van der Waals surface area contributed by atoms with E-state index in [9.17, 15) is 4.21 Å². The molecule has 1 fully saturated rings. The van der Waals surface area contributed by atoms with Crippen LogP contribution in [0.25, 0.3) is 0 Å². The first-order valence-electron chi connectivity index (χ1n) is 4.42. The van der Waals surface area contributed by atoms with Crippen molar-refractivity contribution in [1.82, 2.24) is 5.32 Å². The largest absolute Gasteiger partial charge is 0.316 e. The second-order valence-corrected chi connectivity index (χ2v) is 4.85. The summed E-state index contributed by atoms with van der Waals surface area (Å²) in [6.45, 7) is 4.03. The van der Waals surface area contributed by atoms with Gasteiger partial charge in [0, 0.05) is 28.3 Å². The zero-order chi connectivity index (χ0) is 8.10. The van der Waals surface area contributed by atoms with Gasteiger partial charge < -0.3 is 5.32 Å². The van der Waals surface area contributed by atoms with Crippen molar-refractivity contribution < 1.29 is 4.21 Å². The quantitative estimate of drug-likeness (QED) is 0.690. The van der Waals surface area contributed by atoms with Crippen LogP contribution in [0.4, 0.5) is 0 Å². The Morgan fingerprint density at radius 3 is 3.00 bits per heavy atom. The van der Waals surface area contributed by atoms with Crippen LogP contribution in [0.15, 0.2) is 0 Å². The zero-order valence-corrected chi connectivity index (χ0v) is 7.95. The first kappa shape index (κ1) is 9.20. The molecule has 0 spiro atoms. The van der Waals surface area contributed by atoms with E-state index in [0.29, 0.717) is 5.25 Å². The average Bonchev–Trinajstić information content (AvgIpc) is 2.03. The van der Waals surface area contributed by atoms with Crippen molar-refractivity contribution in [3.63, 3.8) is 0 Å². The Morgan fingerprint density at radius 2 is 2.36 bits per heavy atom. The van der Waals surface area contributed by atoms with E-state index in [2.05, 4.69) is 12.2 Å². The van der Waals surface area contributed by atoms with Crippen LogP contribution in [0.5, 0.6) is 0 Å². The minimum absolute atomic E-state index is 0.434.